The van der Waals surface area contributed by atoms with Gasteiger partial charge in [-0.2, -0.15) is 0 Å². The maximum absolute atomic E-state index is 11.6. The zero-order valence-electron chi connectivity index (χ0n) is 11.7. The van der Waals surface area contributed by atoms with Crippen LogP contribution < -0.4 is 10.6 Å². The molecule has 5 nitrogen and oxygen atoms in total. The van der Waals surface area contributed by atoms with Crippen LogP contribution in [0, 0.1) is 0 Å². The minimum atomic E-state index is -1.03. The summed E-state index contributed by atoms with van der Waals surface area (Å²) in [5, 5.41) is 15.1. The molecule has 0 heterocycles. The van der Waals surface area contributed by atoms with E-state index in [2.05, 4.69) is 10.6 Å². The van der Waals surface area contributed by atoms with Crippen LogP contribution in [-0.2, 0) is 11.2 Å². The summed E-state index contributed by atoms with van der Waals surface area (Å²) in [5.74, 6) is -1.03. The lowest BCUT2D eigenvalue weighted by Crippen LogP contribution is -2.46. The van der Waals surface area contributed by atoms with Crippen LogP contribution in [0.1, 0.15) is 25.3 Å². The first kappa shape index (κ1) is 17.6. The Hall–Kier alpha value is -1.46. The molecule has 0 fully saturated rings. The number of carbonyl (C=O) groups is 2. The van der Waals surface area contributed by atoms with Gasteiger partial charge in [-0.3, -0.25) is 0 Å². The molecule has 21 heavy (non-hydrogen) atoms. The van der Waals surface area contributed by atoms with E-state index in [-0.39, 0.29) is 0 Å². The Morgan fingerprint density at radius 2 is 2.05 bits per heavy atom. The third-order valence-electron chi connectivity index (χ3n) is 2.88. The van der Waals surface area contributed by atoms with Crippen molar-refractivity contribution < 1.29 is 14.7 Å². The summed E-state index contributed by atoms with van der Waals surface area (Å²) in [6.07, 6.45) is 1.61. The Balaban J connectivity index is 2.41. The first-order valence-electron chi connectivity index (χ1n) is 6.65. The van der Waals surface area contributed by atoms with Gasteiger partial charge in [-0.25, -0.2) is 9.59 Å². The molecule has 0 radical (unpaired) electrons. The highest BCUT2D eigenvalue weighted by Gasteiger charge is 2.18. The van der Waals surface area contributed by atoms with Gasteiger partial charge in [0.25, 0.3) is 0 Å². The van der Waals surface area contributed by atoms with E-state index < -0.39 is 18.0 Å². The molecule has 0 aliphatic carbocycles. The van der Waals surface area contributed by atoms with Crippen molar-refractivity contribution in [2.75, 3.05) is 6.54 Å². The van der Waals surface area contributed by atoms with E-state index in [0.717, 1.165) is 5.56 Å². The molecular formula is C14H18Cl2N2O3. The molecule has 1 unspecified atom stereocenters. The van der Waals surface area contributed by atoms with Crippen molar-refractivity contribution in [3.8, 4) is 0 Å². The minimum absolute atomic E-state index is 0.353. The average Bonchev–Trinajstić information content (AvgIpc) is 2.40. The van der Waals surface area contributed by atoms with E-state index in [1.54, 1.807) is 18.2 Å². The van der Waals surface area contributed by atoms with E-state index in [1.165, 1.54) is 0 Å². The Kier molecular flexibility index (Phi) is 7.32. The van der Waals surface area contributed by atoms with Gasteiger partial charge in [0, 0.05) is 16.6 Å². The predicted molar refractivity (Wildman–Crippen MR) is 83.0 cm³/mol. The van der Waals surface area contributed by atoms with Crippen LogP contribution in [0.15, 0.2) is 18.2 Å². The van der Waals surface area contributed by atoms with Crippen LogP contribution in [0.2, 0.25) is 10.0 Å². The maximum Gasteiger partial charge on any atom is 0.326 e. The molecule has 0 saturated carbocycles. The number of nitrogens with one attached hydrogen (secondary N) is 2. The summed E-state index contributed by atoms with van der Waals surface area (Å²) in [6.45, 7) is 2.21. The van der Waals surface area contributed by atoms with Crippen molar-refractivity contribution in [3.63, 3.8) is 0 Å². The fraction of sp³-hybridized carbons (Fsp3) is 0.429. The van der Waals surface area contributed by atoms with Crippen LogP contribution in [0.25, 0.3) is 0 Å². The lowest BCUT2D eigenvalue weighted by atomic mass is 10.1. The van der Waals surface area contributed by atoms with Crippen LogP contribution in [0.5, 0.6) is 0 Å². The summed E-state index contributed by atoms with van der Waals surface area (Å²) < 4.78 is 0. The number of urea groups is 1. The molecule has 3 N–H and O–H groups in total. The van der Waals surface area contributed by atoms with Gasteiger partial charge >= 0.3 is 12.0 Å². The number of aliphatic carboxylic acids is 1. The van der Waals surface area contributed by atoms with Crippen molar-refractivity contribution in [1.82, 2.24) is 10.6 Å². The normalized spacial score (nSPS) is 11.8. The van der Waals surface area contributed by atoms with E-state index in [1.807, 2.05) is 6.92 Å². The van der Waals surface area contributed by atoms with Crippen molar-refractivity contribution in [3.05, 3.63) is 33.8 Å². The van der Waals surface area contributed by atoms with Gasteiger partial charge < -0.3 is 15.7 Å². The number of amides is 2. The van der Waals surface area contributed by atoms with Gasteiger partial charge in [0.05, 0.1) is 0 Å². The number of carboxylic acids is 1. The first-order chi connectivity index (χ1) is 9.93. The van der Waals surface area contributed by atoms with Gasteiger partial charge in [0.15, 0.2) is 0 Å². The quantitative estimate of drug-likeness (QED) is 0.717. The van der Waals surface area contributed by atoms with E-state index in [9.17, 15) is 9.59 Å². The lowest BCUT2D eigenvalue weighted by Gasteiger charge is -2.14. The SMILES string of the molecule is CCCC(NC(=O)NCCc1ccc(Cl)cc1Cl)C(=O)O. The molecule has 1 aromatic rings. The van der Waals surface area contributed by atoms with Gasteiger partial charge in [-0.05, 0) is 30.5 Å². The van der Waals surface area contributed by atoms with E-state index >= 15 is 0 Å². The number of rotatable bonds is 7. The van der Waals surface area contributed by atoms with Crippen molar-refractivity contribution >= 4 is 35.2 Å². The molecule has 0 bridgehead atoms. The fourth-order valence-corrected chi connectivity index (χ4v) is 2.29. The predicted octanol–water partition coefficient (Wildman–Crippen LogP) is 3.09. The average molecular weight is 333 g/mol. The molecule has 7 heteroatoms. The maximum atomic E-state index is 11.6. The molecular weight excluding hydrogens is 315 g/mol. The molecule has 0 spiro atoms. The second kappa shape index (κ2) is 8.74. The summed E-state index contributed by atoms with van der Waals surface area (Å²) in [4.78, 5) is 22.5. The van der Waals surface area contributed by atoms with Gasteiger partial charge in [-0.1, -0.05) is 42.6 Å². The standard InChI is InChI=1S/C14H18Cl2N2O3/c1-2-3-12(13(19)20)18-14(21)17-7-6-9-4-5-10(15)8-11(9)16/h4-5,8,12H,2-3,6-7H2,1H3,(H,19,20)(H2,17,18,21). The number of benzene rings is 1. The van der Waals surface area contributed by atoms with E-state index in [0.29, 0.717) is 35.9 Å². The number of halogens is 2. The Morgan fingerprint density at radius 3 is 2.62 bits per heavy atom. The molecule has 0 aliphatic rings. The smallest absolute Gasteiger partial charge is 0.326 e. The highest BCUT2D eigenvalue weighted by molar-refractivity contribution is 6.35. The third kappa shape index (κ3) is 6.23. The summed E-state index contributed by atoms with van der Waals surface area (Å²) >= 11 is 11.8. The Labute approximate surface area is 133 Å². The minimum Gasteiger partial charge on any atom is -0.480 e. The Morgan fingerprint density at radius 1 is 1.33 bits per heavy atom. The molecule has 0 saturated heterocycles. The van der Waals surface area contributed by atoms with Crippen LogP contribution in [-0.4, -0.2) is 29.7 Å². The molecule has 1 rings (SSSR count). The highest BCUT2D eigenvalue weighted by Crippen LogP contribution is 2.20. The second-order valence-corrected chi connectivity index (χ2v) is 5.41. The highest BCUT2D eigenvalue weighted by atomic mass is 35.5. The lowest BCUT2D eigenvalue weighted by molar-refractivity contribution is -0.139. The van der Waals surface area contributed by atoms with Crippen molar-refractivity contribution in [2.45, 2.75) is 32.2 Å². The monoisotopic (exact) mass is 332 g/mol. The molecule has 1 aromatic carbocycles. The molecule has 0 aromatic heterocycles. The first-order valence-corrected chi connectivity index (χ1v) is 7.40. The van der Waals surface area contributed by atoms with Crippen LogP contribution in [0.3, 0.4) is 0 Å². The molecule has 116 valence electrons. The topological polar surface area (TPSA) is 78.4 Å². The van der Waals surface area contributed by atoms with Gasteiger partial charge in [0.2, 0.25) is 0 Å². The largest absolute Gasteiger partial charge is 0.480 e. The van der Waals surface area contributed by atoms with Gasteiger partial charge in [-0.15, -0.1) is 0 Å². The summed E-state index contributed by atoms with van der Waals surface area (Å²) in [5.41, 5.74) is 0.865. The third-order valence-corrected chi connectivity index (χ3v) is 3.46. The molecule has 2 amide bonds. The number of carbonyl (C=O) groups excluding carboxylic acids is 1. The summed E-state index contributed by atoms with van der Waals surface area (Å²) in [7, 11) is 0. The van der Waals surface area contributed by atoms with Gasteiger partial charge in [0.1, 0.15) is 6.04 Å². The number of hydrogen-bond donors (Lipinski definition) is 3. The number of hydrogen-bond acceptors (Lipinski definition) is 2. The zero-order valence-corrected chi connectivity index (χ0v) is 13.2. The number of carboxylic acid groups (broad SMARTS) is 1. The van der Waals surface area contributed by atoms with Crippen LogP contribution in [0.4, 0.5) is 4.79 Å². The zero-order chi connectivity index (χ0) is 15.8. The Bertz CT molecular complexity index is 509. The molecule has 1 atom stereocenters. The molecule has 0 aliphatic heterocycles. The fourth-order valence-electron chi connectivity index (χ4n) is 1.79. The van der Waals surface area contributed by atoms with Crippen molar-refractivity contribution in [2.24, 2.45) is 0 Å². The van der Waals surface area contributed by atoms with Crippen molar-refractivity contribution in [1.29, 1.82) is 0 Å². The van der Waals surface area contributed by atoms with E-state index in [4.69, 9.17) is 28.3 Å². The second-order valence-electron chi connectivity index (χ2n) is 4.57. The van der Waals surface area contributed by atoms with Crippen LogP contribution >= 0.6 is 23.2 Å². The summed E-state index contributed by atoms with van der Waals surface area (Å²) in [6, 6.07) is 3.79.